The topological polar surface area (TPSA) is 24.5 Å². The molecule has 0 saturated heterocycles. The molecule has 0 spiro atoms. The summed E-state index contributed by atoms with van der Waals surface area (Å²) in [5, 5.41) is 3.42. The Balaban J connectivity index is 1.96. The molecule has 0 radical (unpaired) electrons. The summed E-state index contributed by atoms with van der Waals surface area (Å²) in [5.41, 5.74) is 2.44. The van der Waals surface area contributed by atoms with Gasteiger partial charge < -0.3 is 10.1 Å². The molecule has 0 saturated carbocycles. The molecule has 20 heavy (non-hydrogen) atoms. The molecule has 0 fully saturated rings. The van der Waals surface area contributed by atoms with Crippen LogP contribution in [-0.2, 0) is 6.42 Å². The lowest BCUT2D eigenvalue weighted by Gasteiger charge is -2.25. The van der Waals surface area contributed by atoms with E-state index >= 15 is 0 Å². The predicted octanol–water partition coefficient (Wildman–Crippen LogP) is 3.10. The quantitative estimate of drug-likeness (QED) is 0.772. The van der Waals surface area contributed by atoms with Gasteiger partial charge in [-0.2, -0.15) is 0 Å². The number of rotatable bonds is 7. The van der Waals surface area contributed by atoms with Crippen LogP contribution in [0.25, 0.3) is 0 Å². The SMILES string of the molecule is C=CCN(CC=C)CCc1ccc2c(c1)NCC(C)O2. The lowest BCUT2D eigenvalue weighted by atomic mass is 10.1. The highest BCUT2D eigenvalue weighted by atomic mass is 16.5. The highest BCUT2D eigenvalue weighted by Gasteiger charge is 2.15. The highest BCUT2D eigenvalue weighted by Crippen LogP contribution is 2.30. The average molecular weight is 272 g/mol. The fourth-order valence-electron chi connectivity index (χ4n) is 2.40. The lowest BCUT2D eigenvalue weighted by molar-refractivity contribution is 0.226. The van der Waals surface area contributed by atoms with E-state index in [2.05, 4.69) is 48.5 Å². The van der Waals surface area contributed by atoms with E-state index in [4.69, 9.17) is 4.74 Å². The van der Waals surface area contributed by atoms with E-state index in [1.807, 2.05) is 12.2 Å². The predicted molar refractivity (Wildman–Crippen MR) is 85.6 cm³/mol. The van der Waals surface area contributed by atoms with Crippen molar-refractivity contribution in [3.63, 3.8) is 0 Å². The maximum absolute atomic E-state index is 5.79. The second-order valence-electron chi connectivity index (χ2n) is 5.23. The van der Waals surface area contributed by atoms with Gasteiger partial charge in [-0.3, -0.25) is 4.90 Å². The average Bonchev–Trinajstić information content (AvgIpc) is 2.45. The van der Waals surface area contributed by atoms with Crippen LogP contribution in [0.3, 0.4) is 0 Å². The number of benzene rings is 1. The Bertz CT molecular complexity index is 460. The number of ether oxygens (including phenoxy) is 1. The maximum Gasteiger partial charge on any atom is 0.142 e. The molecule has 1 atom stereocenters. The van der Waals surface area contributed by atoms with Crippen molar-refractivity contribution < 1.29 is 4.74 Å². The minimum absolute atomic E-state index is 0.240. The van der Waals surface area contributed by atoms with Gasteiger partial charge in [-0.1, -0.05) is 18.2 Å². The molecular formula is C17H24N2O. The monoisotopic (exact) mass is 272 g/mol. The molecule has 1 aliphatic rings. The van der Waals surface area contributed by atoms with E-state index in [-0.39, 0.29) is 6.10 Å². The molecule has 108 valence electrons. The van der Waals surface area contributed by atoms with Gasteiger partial charge in [-0.05, 0) is 31.0 Å². The van der Waals surface area contributed by atoms with Crippen LogP contribution in [-0.4, -0.2) is 37.2 Å². The molecule has 1 aromatic carbocycles. The first-order valence-corrected chi connectivity index (χ1v) is 7.20. The van der Waals surface area contributed by atoms with E-state index in [0.29, 0.717) is 0 Å². The van der Waals surface area contributed by atoms with Crippen LogP contribution in [0, 0.1) is 0 Å². The standard InChI is InChI=1S/C17H24N2O/c1-4-9-19(10-5-2)11-8-15-6-7-17-16(12-15)18-13-14(3)20-17/h4-7,12,14,18H,1-2,8-11,13H2,3H3. The molecule has 1 heterocycles. The van der Waals surface area contributed by atoms with Gasteiger partial charge in [0, 0.05) is 19.6 Å². The molecule has 1 unspecified atom stereocenters. The van der Waals surface area contributed by atoms with Crippen LogP contribution in [0.2, 0.25) is 0 Å². The molecular weight excluding hydrogens is 248 g/mol. The Labute approximate surface area is 121 Å². The van der Waals surface area contributed by atoms with Crippen molar-refractivity contribution in [3.8, 4) is 5.75 Å². The number of nitrogens with one attached hydrogen (secondary N) is 1. The molecule has 0 bridgehead atoms. The van der Waals surface area contributed by atoms with Crippen LogP contribution >= 0.6 is 0 Å². The fraction of sp³-hybridized carbons (Fsp3) is 0.412. The maximum atomic E-state index is 5.79. The Kier molecular flexibility index (Phi) is 5.24. The number of hydrogen-bond acceptors (Lipinski definition) is 3. The zero-order chi connectivity index (χ0) is 14.4. The summed E-state index contributed by atoms with van der Waals surface area (Å²) in [4.78, 5) is 2.32. The van der Waals surface area contributed by atoms with Gasteiger partial charge in [-0.25, -0.2) is 0 Å². The molecule has 0 aromatic heterocycles. The van der Waals surface area contributed by atoms with Crippen LogP contribution in [0.4, 0.5) is 5.69 Å². The summed E-state index contributed by atoms with van der Waals surface area (Å²) in [5.74, 6) is 0.960. The zero-order valence-corrected chi connectivity index (χ0v) is 12.3. The van der Waals surface area contributed by atoms with Gasteiger partial charge in [0.25, 0.3) is 0 Å². The first-order chi connectivity index (χ1) is 9.72. The van der Waals surface area contributed by atoms with Gasteiger partial charge in [0.15, 0.2) is 0 Å². The van der Waals surface area contributed by atoms with Crippen molar-refractivity contribution >= 4 is 5.69 Å². The van der Waals surface area contributed by atoms with Gasteiger partial charge in [0.2, 0.25) is 0 Å². The smallest absolute Gasteiger partial charge is 0.142 e. The summed E-state index contributed by atoms with van der Waals surface area (Å²) >= 11 is 0. The van der Waals surface area contributed by atoms with Crippen molar-refractivity contribution in [2.75, 3.05) is 31.5 Å². The Morgan fingerprint density at radius 1 is 1.35 bits per heavy atom. The van der Waals surface area contributed by atoms with Crippen LogP contribution in [0.1, 0.15) is 12.5 Å². The summed E-state index contributed by atoms with van der Waals surface area (Å²) in [7, 11) is 0. The second kappa shape index (κ2) is 7.15. The summed E-state index contributed by atoms with van der Waals surface area (Å²) in [6.45, 7) is 13.4. The third-order valence-corrected chi connectivity index (χ3v) is 3.44. The third kappa shape index (κ3) is 3.87. The van der Waals surface area contributed by atoms with E-state index < -0.39 is 0 Å². The Morgan fingerprint density at radius 3 is 2.80 bits per heavy atom. The lowest BCUT2D eigenvalue weighted by Crippen LogP contribution is -2.28. The van der Waals surface area contributed by atoms with Crippen molar-refractivity contribution in [2.45, 2.75) is 19.4 Å². The zero-order valence-electron chi connectivity index (χ0n) is 12.3. The molecule has 1 N–H and O–H groups in total. The number of anilines is 1. The van der Waals surface area contributed by atoms with E-state index in [0.717, 1.165) is 44.0 Å². The largest absolute Gasteiger partial charge is 0.487 e. The second-order valence-corrected chi connectivity index (χ2v) is 5.23. The fourth-order valence-corrected chi connectivity index (χ4v) is 2.40. The normalized spacial score (nSPS) is 17.0. The van der Waals surface area contributed by atoms with E-state index in [9.17, 15) is 0 Å². The van der Waals surface area contributed by atoms with Crippen molar-refractivity contribution in [1.29, 1.82) is 0 Å². The minimum atomic E-state index is 0.240. The summed E-state index contributed by atoms with van der Waals surface area (Å²) in [6.07, 6.45) is 5.14. The third-order valence-electron chi connectivity index (χ3n) is 3.44. The molecule has 2 rings (SSSR count). The van der Waals surface area contributed by atoms with Crippen molar-refractivity contribution in [3.05, 3.63) is 49.1 Å². The molecule has 1 aromatic rings. The van der Waals surface area contributed by atoms with Crippen molar-refractivity contribution in [2.24, 2.45) is 0 Å². The van der Waals surface area contributed by atoms with Crippen molar-refractivity contribution in [1.82, 2.24) is 4.90 Å². The van der Waals surface area contributed by atoms with Crippen LogP contribution < -0.4 is 10.1 Å². The van der Waals surface area contributed by atoms with E-state index in [1.165, 1.54) is 5.56 Å². The molecule has 0 aliphatic carbocycles. The van der Waals surface area contributed by atoms with E-state index in [1.54, 1.807) is 0 Å². The van der Waals surface area contributed by atoms with Gasteiger partial charge >= 0.3 is 0 Å². The van der Waals surface area contributed by atoms with Crippen LogP contribution in [0.5, 0.6) is 5.75 Å². The highest BCUT2D eigenvalue weighted by molar-refractivity contribution is 5.59. The molecule has 1 aliphatic heterocycles. The summed E-state index contributed by atoms with van der Waals surface area (Å²) in [6, 6.07) is 6.42. The molecule has 3 nitrogen and oxygen atoms in total. The van der Waals surface area contributed by atoms with Gasteiger partial charge in [0.05, 0.1) is 12.2 Å². The first kappa shape index (κ1) is 14.7. The number of hydrogen-bond donors (Lipinski definition) is 1. The first-order valence-electron chi connectivity index (χ1n) is 7.20. The van der Waals surface area contributed by atoms with Gasteiger partial charge in [-0.15, -0.1) is 13.2 Å². The summed E-state index contributed by atoms with van der Waals surface area (Å²) < 4.78 is 5.79. The van der Waals surface area contributed by atoms with Gasteiger partial charge in [0.1, 0.15) is 11.9 Å². The number of nitrogens with zero attached hydrogens (tertiary/aromatic N) is 1. The minimum Gasteiger partial charge on any atom is -0.487 e. The Morgan fingerprint density at radius 2 is 2.10 bits per heavy atom. The molecule has 0 amide bonds. The Hall–Kier alpha value is -1.74. The molecule has 3 heteroatoms. The van der Waals surface area contributed by atoms with Crippen LogP contribution in [0.15, 0.2) is 43.5 Å². The number of fused-ring (bicyclic) bond motifs is 1.